The topological polar surface area (TPSA) is 28.2 Å². The minimum Gasteiger partial charge on any atom is -0.370 e. The number of nitrogens with zero attached hydrogens (tertiary/aromatic N) is 2. The van der Waals surface area contributed by atoms with Gasteiger partial charge in [-0.05, 0) is 38.3 Å². The minimum atomic E-state index is 0.626. The molecule has 2 heterocycles. The van der Waals surface area contributed by atoms with Gasteiger partial charge in [0.1, 0.15) is 5.82 Å². The molecule has 1 N–H and O–H groups in total. The monoisotopic (exact) mass is 267 g/mol. The zero-order chi connectivity index (χ0) is 13.1. The van der Waals surface area contributed by atoms with Crippen molar-refractivity contribution in [3.8, 4) is 0 Å². The first-order chi connectivity index (χ1) is 8.60. The van der Waals surface area contributed by atoms with Crippen molar-refractivity contribution in [3.63, 3.8) is 0 Å². The summed E-state index contributed by atoms with van der Waals surface area (Å²) in [4.78, 5) is 7.07. The van der Waals surface area contributed by atoms with Gasteiger partial charge in [-0.2, -0.15) is 0 Å². The predicted molar refractivity (Wildman–Crippen MR) is 77.1 cm³/mol. The van der Waals surface area contributed by atoms with E-state index < -0.39 is 0 Å². The first kappa shape index (κ1) is 13.6. The highest BCUT2D eigenvalue weighted by molar-refractivity contribution is 6.31. The van der Waals surface area contributed by atoms with E-state index in [1.165, 1.54) is 6.42 Å². The van der Waals surface area contributed by atoms with E-state index in [4.69, 9.17) is 11.6 Å². The Morgan fingerprint density at radius 2 is 2.22 bits per heavy atom. The molecule has 1 aromatic heterocycles. The first-order valence-corrected chi connectivity index (χ1v) is 7.11. The fourth-order valence-electron chi connectivity index (χ4n) is 2.67. The second-order valence-corrected chi connectivity index (χ2v) is 5.68. The molecule has 0 amide bonds. The van der Waals surface area contributed by atoms with Crippen LogP contribution < -0.4 is 5.32 Å². The van der Waals surface area contributed by atoms with E-state index in [0.29, 0.717) is 6.04 Å². The van der Waals surface area contributed by atoms with E-state index in [2.05, 4.69) is 36.0 Å². The second kappa shape index (κ2) is 5.89. The van der Waals surface area contributed by atoms with Gasteiger partial charge in [0, 0.05) is 25.7 Å². The predicted octanol–water partition coefficient (Wildman–Crippen LogP) is 3.40. The zero-order valence-corrected chi connectivity index (χ0v) is 12.2. The number of hydrogen-bond donors (Lipinski definition) is 1. The number of anilines is 1. The number of rotatable bonds is 4. The van der Waals surface area contributed by atoms with Crippen LogP contribution in [0.2, 0.25) is 5.02 Å². The molecule has 2 unspecified atom stereocenters. The lowest BCUT2D eigenvalue weighted by atomic mass is 10.1. The molecular formula is C14H22ClN3. The van der Waals surface area contributed by atoms with Gasteiger partial charge in [-0.15, -0.1) is 0 Å². The summed E-state index contributed by atoms with van der Waals surface area (Å²) < 4.78 is 0. The van der Waals surface area contributed by atoms with Crippen molar-refractivity contribution in [1.29, 1.82) is 0 Å². The summed E-state index contributed by atoms with van der Waals surface area (Å²) >= 11 is 6.24. The molecule has 0 spiro atoms. The average molecular weight is 268 g/mol. The maximum absolute atomic E-state index is 6.24. The van der Waals surface area contributed by atoms with Crippen LogP contribution in [0.3, 0.4) is 0 Å². The maximum Gasteiger partial charge on any atom is 0.126 e. The molecule has 100 valence electrons. The summed E-state index contributed by atoms with van der Waals surface area (Å²) in [5.41, 5.74) is 0.982. The molecule has 18 heavy (non-hydrogen) atoms. The van der Waals surface area contributed by atoms with Crippen molar-refractivity contribution in [3.05, 3.63) is 22.8 Å². The summed E-state index contributed by atoms with van der Waals surface area (Å²) in [5.74, 6) is 1.69. The van der Waals surface area contributed by atoms with Crippen molar-refractivity contribution in [2.45, 2.75) is 39.8 Å². The molecular weight excluding hydrogens is 246 g/mol. The molecule has 1 fully saturated rings. The molecule has 4 heteroatoms. The summed E-state index contributed by atoms with van der Waals surface area (Å²) in [7, 11) is 0. The maximum atomic E-state index is 6.24. The highest BCUT2D eigenvalue weighted by Crippen LogP contribution is 2.26. The van der Waals surface area contributed by atoms with Gasteiger partial charge in [0.05, 0.1) is 10.7 Å². The second-order valence-electron chi connectivity index (χ2n) is 5.27. The van der Waals surface area contributed by atoms with Crippen molar-refractivity contribution in [2.75, 3.05) is 18.4 Å². The van der Waals surface area contributed by atoms with E-state index in [1.54, 1.807) is 0 Å². The van der Waals surface area contributed by atoms with Crippen molar-refractivity contribution < 1.29 is 0 Å². The molecule has 2 rings (SSSR count). The number of likely N-dealkylation sites (tertiary alicyclic amines) is 1. The Morgan fingerprint density at radius 3 is 2.83 bits per heavy atom. The summed E-state index contributed by atoms with van der Waals surface area (Å²) in [6.45, 7) is 9.53. The summed E-state index contributed by atoms with van der Waals surface area (Å²) in [6.07, 6.45) is 1.27. The lowest BCUT2D eigenvalue weighted by molar-refractivity contribution is 0.254. The molecule has 1 saturated heterocycles. The average Bonchev–Trinajstić information content (AvgIpc) is 2.62. The van der Waals surface area contributed by atoms with Gasteiger partial charge >= 0.3 is 0 Å². The van der Waals surface area contributed by atoms with Crippen molar-refractivity contribution in [2.24, 2.45) is 5.92 Å². The van der Waals surface area contributed by atoms with E-state index in [9.17, 15) is 0 Å². The van der Waals surface area contributed by atoms with Gasteiger partial charge in [-0.1, -0.05) is 18.5 Å². The van der Waals surface area contributed by atoms with E-state index in [1.807, 2.05) is 12.1 Å². The normalized spacial score (nSPS) is 24.4. The van der Waals surface area contributed by atoms with Gasteiger partial charge in [0.15, 0.2) is 0 Å². The molecule has 1 aromatic rings. The van der Waals surface area contributed by atoms with Gasteiger partial charge in [0.25, 0.3) is 0 Å². The Labute approximate surface area is 115 Å². The molecule has 0 aliphatic carbocycles. The molecule has 0 aromatic carbocycles. The van der Waals surface area contributed by atoms with Crippen LogP contribution in [0.5, 0.6) is 0 Å². The Balaban J connectivity index is 2.10. The van der Waals surface area contributed by atoms with Crippen LogP contribution in [0.4, 0.5) is 5.82 Å². The highest BCUT2D eigenvalue weighted by Gasteiger charge is 2.26. The highest BCUT2D eigenvalue weighted by atomic mass is 35.5. The number of aromatic nitrogens is 1. The van der Waals surface area contributed by atoms with Crippen LogP contribution in [0.1, 0.15) is 32.9 Å². The Hall–Kier alpha value is -0.800. The third-order valence-corrected chi connectivity index (χ3v) is 3.89. The van der Waals surface area contributed by atoms with Gasteiger partial charge in [-0.3, -0.25) is 4.90 Å². The van der Waals surface area contributed by atoms with Crippen LogP contribution in [-0.4, -0.2) is 29.0 Å². The SMILES string of the molecule is CCNc1ccc(Cl)c(CN2CC(C)CC2C)n1. The van der Waals surface area contributed by atoms with Crippen molar-refractivity contribution >= 4 is 17.4 Å². The quantitative estimate of drug-likeness (QED) is 0.906. The Morgan fingerprint density at radius 1 is 1.44 bits per heavy atom. The van der Waals surface area contributed by atoms with E-state index >= 15 is 0 Å². The fraction of sp³-hybridized carbons (Fsp3) is 0.643. The van der Waals surface area contributed by atoms with Crippen molar-refractivity contribution in [1.82, 2.24) is 9.88 Å². The van der Waals surface area contributed by atoms with Gasteiger partial charge < -0.3 is 5.32 Å². The van der Waals surface area contributed by atoms with Crippen LogP contribution in [-0.2, 0) is 6.54 Å². The lowest BCUT2D eigenvalue weighted by Crippen LogP contribution is -2.27. The number of nitrogens with one attached hydrogen (secondary N) is 1. The summed E-state index contributed by atoms with van der Waals surface area (Å²) in [5, 5.41) is 4.00. The lowest BCUT2D eigenvalue weighted by Gasteiger charge is -2.21. The van der Waals surface area contributed by atoms with Crippen LogP contribution in [0, 0.1) is 5.92 Å². The largest absolute Gasteiger partial charge is 0.370 e. The molecule has 3 nitrogen and oxygen atoms in total. The van der Waals surface area contributed by atoms with Crippen LogP contribution in [0.15, 0.2) is 12.1 Å². The molecule has 2 atom stereocenters. The number of pyridine rings is 1. The third kappa shape index (κ3) is 3.15. The smallest absolute Gasteiger partial charge is 0.126 e. The number of hydrogen-bond acceptors (Lipinski definition) is 3. The fourth-order valence-corrected chi connectivity index (χ4v) is 2.84. The molecule has 1 aliphatic heterocycles. The Bertz CT molecular complexity index is 408. The first-order valence-electron chi connectivity index (χ1n) is 6.73. The number of halogens is 1. The Kier molecular flexibility index (Phi) is 4.46. The van der Waals surface area contributed by atoms with Gasteiger partial charge in [0.2, 0.25) is 0 Å². The van der Waals surface area contributed by atoms with Crippen LogP contribution >= 0.6 is 11.6 Å². The minimum absolute atomic E-state index is 0.626. The van der Waals surface area contributed by atoms with E-state index in [-0.39, 0.29) is 0 Å². The van der Waals surface area contributed by atoms with Gasteiger partial charge in [-0.25, -0.2) is 4.98 Å². The molecule has 0 bridgehead atoms. The third-order valence-electron chi connectivity index (χ3n) is 3.54. The molecule has 1 aliphatic rings. The molecule has 0 radical (unpaired) electrons. The summed E-state index contributed by atoms with van der Waals surface area (Å²) in [6, 6.07) is 4.50. The van der Waals surface area contributed by atoms with E-state index in [0.717, 1.165) is 42.1 Å². The standard InChI is InChI=1S/C14H22ClN3/c1-4-16-14-6-5-12(15)13(17-14)9-18-8-10(2)7-11(18)3/h5-6,10-11H,4,7-9H2,1-3H3,(H,16,17). The van der Waals surface area contributed by atoms with Crippen LogP contribution in [0.25, 0.3) is 0 Å². The zero-order valence-electron chi connectivity index (χ0n) is 11.4. The molecule has 0 saturated carbocycles.